The van der Waals surface area contributed by atoms with E-state index in [9.17, 15) is 13.2 Å². The largest absolute Gasteiger partial charge is 0.368 e. The summed E-state index contributed by atoms with van der Waals surface area (Å²) in [5, 5.41) is 4.68. The number of sulfonamides is 1. The summed E-state index contributed by atoms with van der Waals surface area (Å²) in [5.41, 5.74) is 6.31. The Morgan fingerprint density at radius 2 is 2.04 bits per heavy atom. The topological polar surface area (TPSA) is 98.3 Å². The van der Waals surface area contributed by atoms with Crippen molar-refractivity contribution in [1.82, 2.24) is 14.1 Å². The minimum atomic E-state index is -3.77. The quantitative estimate of drug-likeness (QED) is 0.858. The molecule has 1 saturated heterocycles. The van der Waals surface area contributed by atoms with E-state index in [1.807, 2.05) is 0 Å². The SMILES string of the molecule is Cn1nc2c(c1S(=O)(=O)N1CCC[C@@H]3C[C@@]31C(N)=O)CCCC2. The van der Waals surface area contributed by atoms with Gasteiger partial charge in [0, 0.05) is 19.2 Å². The third kappa shape index (κ3) is 1.94. The van der Waals surface area contributed by atoms with Crippen molar-refractivity contribution in [1.29, 1.82) is 0 Å². The number of aryl methyl sites for hydroxylation is 2. The fourth-order valence-corrected chi connectivity index (χ4v) is 6.71. The number of hydrogen-bond acceptors (Lipinski definition) is 4. The lowest BCUT2D eigenvalue weighted by molar-refractivity contribution is -0.124. The lowest BCUT2D eigenvalue weighted by Gasteiger charge is -2.33. The lowest BCUT2D eigenvalue weighted by Crippen LogP contribution is -2.54. The van der Waals surface area contributed by atoms with Crippen LogP contribution in [0.1, 0.15) is 43.4 Å². The number of rotatable bonds is 3. The first-order chi connectivity index (χ1) is 10.9. The van der Waals surface area contributed by atoms with Gasteiger partial charge in [0.2, 0.25) is 5.91 Å². The highest BCUT2D eigenvalue weighted by atomic mass is 32.2. The zero-order chi connectivity index (χ0) is 16.4. The van der Waals surface area contributed by atoms with Crippen LogP contribution >= 0.6 is 0 Å². The molecular weight excluding hydrogens is 316 g/mol. The van der Waals surface area contributed by atoms with Crippen LogP contribution in [0.15, 0.2) is 5.03 Å². The van der Waals surface area contributed by atoms with Crippen molar-refractivity contribution in [2.24, 2.45) is 18.7 Å². The van der Waals surface area contributed by atoms with E-state index in [4.69, 9.17) is 5.73 Å². The third-order valence-corrected chi connectivity index (χ3v) is 7.74. The molecule has 8 heteroatoms. The first-order valence-electron chi connectivity index (χ1n) is 8.26. The second-order valence-corrected chi connectivity index (χ2v) is 8.75. The van der Waals surface area contributed by atoms with Gasteiger partial charge in [-0.1, -0.05) is 0 Å². The number of hydrogen-bond donors (Lipinski definition) is 1. The zero-order valence-electron chi connectivity index (χ0n) is 13.3. The Hall–Kier alpha value is -1.41. The summed E-state index contributed by atoms with van der Waals surface area (Å²) in [4.78, 5) is 12.0. The second-order valence-electron chi connectivity index (χ2n) is 6.97. The second kappa shape index (κ2) is 4.80. The highest BCUT2D eigenvalue weighted by molar-refractivity contribution is 7.89. The van der Waals surface area contributed by atoms with Gasteiger partial charge in [-0.15, -0.1) is 0 Å². The molecule has 0 aromatic carbocycles. The van der Waals surface area contributed by atoms with Gasteiger partial charge in [-0.25, -0.2) is 8.42 Å². The lowest BCUT2D eigenvalue weighted by atomic mass is 9.99. The minimum absolute atomic E-state index is 0.0765. The van der Waals surface area contributed by atoms with Crippen molar-refractivity contribution in [2.45, 2.75) is 55.5 Å². The molecule has 2 fully saturated rings. The number of primary amides is 1. The maximum Gasteiger partial charge on any atom is 0.261 e. The zero-order valence-corrected chi connectivity index (χ0v) is 14.1. The molecule has 1 aromatic rings. The molecule has 7 nitrogen and oxygen atoms in total. The highest BCUT2D eigenvalue weighted by Crippen LogP contribution is 2.55. The van der Waals surface area contributed by atoms with Crippen LogP contribution in [0, 0.1) is 5.92 Å². The van der Waals surface area contributed by atoms with Crippen LogP contribution in [0.5, 0.6) is 0 Å². The first kappa shape index (κ1) is 15.1. The van der Waals surface area contributed by atoms with E-state index in [0.29, 0.717) is 13.0 Å². The van der Waals surface area contributed by atoms with Crippen LogP contribution in [0.3, 0.4) is 0 Å². The van der Waals surface area contributed by atoms with E-state index in [-0.39, 0.29) is 10.9 Å². The molecule has 3 aliphatic rings. The number of amides is 1. The number of nitrogens with zero attached hydrogens (tertiary/aromatic N) is 3. The molecule has 1 aromatic heterocycles. The van der Waals surface area contributed by atoms with Gasteiger partial charge >= 0.3 is 0 Å². The molecule has 2 N–H and O–H groups in total. The van der Waals surface area contributed by atoms with E-state index in [1.165, 1.54) is 8.99 Å². The standard InChI is InChI=1S/C15H22N4O3S/c1-18-13(11-6-2-3-7-12(11)17-18)23(21,22)19-8-4-5-10-9-15(10,19)14(16)20/h10H,2-9H2,1H3,(H2,16,20)/t10-,15+/m1/s1. The van der Waals surface area contributed by atoms with Gasteiger partial charge in [0.15, 0.2) is 5.03 Å². The summed E-state index contributed by atoms with van der Waals surface area (Å²) < 4.78 is 29.5. The smallest absolute Gasteiger partial charge is 0.261 e. The summed E-state index contributed by atoms with van der Waals surface area (Å²) in [6.07, 6.45) is 5.78. The Kier molecular flexibility index (Phi) is 3.16. The molecule has 23 heavy (non-hydrogen) atoms. The van der Waals surface area contributed by atoms with Gasteiger partial charge < -0.3 is 5.73 Å². The molecule has 0 unspecified atom stereocenters. The van der Waals surface area contributed by atoms with E-state index < -0.39 is 21.5 Å². The fourth-order valence-electron chi connectivity index (χ4n) is 4.48. The third-order valence-electron chi connectivity index (χ3n) is 5.65. The normalized spacial score (nSPS) is 30.6. The monoisotopic (exact) mass is 338 g/mol. The van der Waals surface area contributed by atoms with Crippen molar-refractivity contribution in [3.63, 3.8) is 0 Å². The average Bonchev–Trinajstić information content (AvgIpc) is 3.16. The van der Waals surface area contributed by atoms with Gasteiger partial charge in [-0.3, -0.25) is 9.48 Å². The molecule has 4 rings (SSSR count). The predicted molar refractivity (Wildman–Crippen MR) is 83.0 cm³/mol. The molecule has 2 aliphatic carbocycles. The number of carbonyl (C=O) groups excluding carboxylic acids is 1. The van der Waals surface area contributed by atoms with Gasteiger partial charge in [-0.05, 0) is 50.9 Å². The van der Waals surface area contributed by atoms with Gasteiger partial charge in [0.05, 0.1) is 5.69 Å². The average molecular weight is 338 g/mol. The molecule has 2 heterocycles. The van der Waals surface area contributed by atoms with Crippen molar-refractivity contribution in [3.8, 4) is 0 Å². The highest BCUT2D eigenvalue weighted by Gasteiger charge is 2.67. The molecule has 1 aliphatic heterocycles. The molecule has 0 bridgehead atoms. The molecule has 0 radical (unpaired) electrons. The number of piperidine rings is 1. The number of nitrogens with two attached hydrogens (primary N) is 1. The van der Waals surface area contributed by atoms with Crippen LogP contribution in [0.4, 0.5) is 0 Å². The van der Waals surface area contributed by atoms with Gasteiger partial charge in [0.1, 0.15) is 5.54 Å². The maximum atomic E-state index is 13.3. The van der Waals surface area contributed by atoms with Crippen LogP contribution in [0.2, 0.25) is 0 Å². The number of aromatic nitrogens is 2. The maximum absolute atomic E-state index is 13.3. The van der Waals surface area contributed by atoms with E-state index in [0.717, 1.165) is 49.8 Å². The predicted octanol–water partition coefficient (Wildman–Crippen LogP) is 0.327. The Morgan fingerprint density at radius 3 is 2.78 bits per heavy atom. The van der Waals surface area contributed by atoms with Crippen LogP contribution in [-0.4, -0.2) is 40.5 Å². The van der Waals surface area contributed by atoms with Crippen molar-refractivity contribution in [2.75, 3.05) is 6.54 Å². The van der Waals surface area contributed by atoms with Crippen molar-refractivity contribution < 1.29 is 13.2 Å². The summed E-state index contributed by atoms with van der Waals surface area (Å²) in [7, 11) is -2.09. The number of fused-ring (bicyclic) bond motifs is 2. The Morgan fingerprint density at radius 1 is 1.30 bits per heavy atom. The molecule has 0 spiro atoms. The summed E-state index contributed by atoms with van der Waals surface area (Å²) in [6, 6.07) is 0. The molecule has 1 amide bonds. The minimum Gasteiger partial charge on any atom is -0.368 e. The van der Waals surface area contributed by atoms with Gasteiger partial charge in [0.25, 0.3) is 10.0 Å². The Bertz CT molecular complexity index is 785. The van der Waals surface area contributed by atoms with Crippen LogP contribution < -0.4 is 5.73 Å². The first-order valence-corrected chi connectivity index (χ1v) is 9.70. The molecule has 2 atom stereocenters. The number of carbonyl (C=O) groups is 1. The molecule has 1 saturated carbocycles. The van der Waals surface area contributed by atoms with Crippen molar-refractivity contribution in [3.05, 3.63) is 11.3 Å². The van der Waals surface area contributed by atoms with E-state index >= 15 is 0 Å². The molecule has 126 valence electrons. The summed E-state index contributed by atoms with van der Waals surface area (Å²) >= 11 is 0. The molecular formula is C15H22N4O3S. The van der Waals surface area contributed by atoms with E-state index in [2.05, 4.69) is 5.10 Å². The van der Waals surface area contributed by atoms with E-state index in [1.54, 1.807) is 7.05 Å². The van der Waals surface area contributed by atoms with Crippen LogP contribution in [-0.2, 0) is 34.7 Å². The summed E-state index contributed by atoms with van der Waals surface area (Å²) in [6.45, 7) is 0.363. The Labute approximate surface area is 135 Å². The summed E-state index contributed by atoms with van der Waals surface area (Å²) in [5.74, 6) is -0.436. The Balaban J connectivity index is 1.82. The fraction of sp³-hybridized carbons (Fsp3) is 0.733. The van der Waals surface area contributed by atoms with Crippen molar-refractivity contribution >= 4 is 15.9 Å². The van der Waals surface area contributed by atoms with Crippen LogP contribution in [0.25, 0.3) is 0 Å². The van der Waals surface area contributed by atoms with Gasteiger partial charge in [-0.2, -0.15) is 9.40 Å².